The van der Waals surface area contributed by atoms with Crippen molar-refractivity contribution in [3.63, 3.8) is 0 Å². The molecule has 1 aromatic carbocycles. The van der Waals surface area contributed by atoms with Crippen LogP contribution in [0.5, 0.6) is 0 Å². The average molecular weight is 355 g/mol. The Morgan fingerprint density at radius 2 is 1.80 bits per heavy atom. The van der Waals surface area contributed by atoms with Gasteiger partial charge in [-0.3, -0.25) is 9.88 Å². The summed E-state index contributed by atoms with van der Waals surface area (Å²) in [6, 6.07) is 14.6. The van der Waals surface area contributed by atoms with Gasteiger partial charge in [0.25, 0.3) is 0 Å². The summed E-state index contributed by atoms with van der Waals surface area (Å²) >= 11 is 5.34. The van der Waals surface area contributed by atoms with E-state index in [0.717, 1.165) is 24.7 Å². The second-order valence-corrected chi connectivity index (χ2v) is 7.02. The Bertz CT molecular complexity index is 639. The molecule has 3 rings (SSSR count). The summed E-state index contributed by atoms with van der Waals surface area (Å²) in [6.07, 6.45) is 7.25. The minimum Gasteiger partial charge on any atom is -0.362 e. The Hall–Kier alpha value is -1.98. The van der Waals surface area contributed by atoms with E-state index >= 15 is 0 Å². The summed E-state index contributed by atoms with van der Waals surface area (Å²) in [5, 5.41) is 7.19. The molecule has 2 aromatic rings. The van der Waals surface area contributed by atoms with Crippen LogP contribution in [-0.4, -0.2) is 34.6 Å². The van der Waals surface area contributed by atoms with Crippen molar-refractivity contribution in [3.8, 4) is 0 Å². The highest BCUT2D eigenvalue weighted by Gasteiger charge is 2.18. The molecule has 4 nitrogen and oxygen atoms in total. The number of pyridine rings is 1. The lowest BCUT2D eigenvalue weighted by molar-refractivity contribution is 0.173. The van der Waals surface area contributed by atoms with Gasteiger partial charge in [-0.15, -0.1) is 0 Å². The van der Waals surface area contributed by atoms with Crippen LogP contribution in [-0.2, 0) is 6.54 Å². The molecule has 132 valence electrons. The smallest absolute Gasteiger partial charge is 0.170 e. The predicted octanol–water partition coefficient (Wildman–Crippen LogP) is 3.67. The Labute approximate surface area is 155 Å². The molecule has 1 aromatic heterocycles. The number of aromatic nitrogens is 1. The number of piperidine rings is 1. The molecule has 0 saturated carbocycles. The van der Waals surface area contributed by atoms with Crippen molar-refractivity contribution >= 4 is 23.0 Å². The van der Waals surface area contributed by atoms with Crippen molar-refractivity contribution in [2.24, 2.45) is 5.92 Å². The van der Waals surface area contributed by atoms with Crippen molar-refractivity contribution in [2.75, 3.05) is 25.0 Å². The highest BCUT2D eigenvalue weighted by atomic mass is 32.1. The molecule has 1 fully saturated rings. The summed E-state index contributed by atoms with van der Waals surface area (Å²) in [5.74, 6) is 0.795. The van der Waals surface area contributed by atoms with Gasteiger partial charge in [0.15, 0.2) is 5.11 Å². The van der Waals surface area contributed by atoms with Crippen LogP contribution in [0.2, 0.25) is 0 Å². The van der Waals surface area contributed by atoms with E-state index in [9.17, 15) is 0 Å². The number of hydrogen-bond donors (Lipinski definition) is 2. The Kier molecular flexibility index (Phi) is 6.77. The molecule has 0 bridgehead atoms. The van der Waals surface area contributed by atoms with Crippen LogP contribution in [0, 0.1) is 5.92 Å². The summed E-state index contributed by atoms with van der Waals surface area (Å²) in [5.41, 5.74) is 2.39. The molecule has 0 aliphatic carbocycles. The maximum atomic E-state index is 5.34. The zero-order valence-corrected chi connectivity index (χ0v) is 15.3. The number of hydrogen-bond acceptors (Lipinski definition) is 3. The maximum absolute atomic E-state index is 5.34. The lowest BCUT2D eigenvalue weighted by atomic mass is 9.93. The van der Waals surface area contributed by atoms with Crippen LogP contribution < -0.4 is 10.6 Å². The van der Waals surface area contributed by atoms with Gasteiger partial charge in [0.1, 0.15) is 0 Å². The van der Waals surface area contributed by atoms with E-state index in [1.165, 1.54) is 37.9 Å². The van der Waals surface area contributed by atoms with E-state index in [0.29, 0.717) is 5.11 Å². The van der Waals surface area contributed by atoms with E-state index in [1.54, 1.807) is 12.4 Å². The second kappa shape index (κ2) is 9.49. The molecule has 1 aliphatic heterocycles. The highest BCUT2D eigenvalue weighted by Crippen LogP contribution is 2.21. The molecule has 0 unspecified atom stereocenters. The van der Waals surface area contributed by atoms with Crippen LogP contribution >= 0.6 is 12.2 Å². The SMILES string of the molecule is S=C(NCCC1CCN(Cc2ccccc2)CC1)Nc1ccncc1. The average Bonchev–Trinajstić information content (AvgIpc) is 2.65. The molecule has 2 N–H and O–H groups in total. The van der Waals surface area contributed by atoms with Crippen LogP contribution in [0.25, 0.3) is 0 Å². The number of anilines is 1. The standard InChI is InChI=1S/C20H26N4S/c25-20(23-19-7-11-21-12-8-19)22-13-6-17-9-14-24(15-10-17)16-18-4-2-1-3-5-18/h1-5,7-8,11-12,17H,6,9-10,13-16H2,(H2,21,22,23,25). The Morgan fingerprint density at radius 3 is 2.52 bits per heavy atom. The van der Waals surface area contributed by atoms with E-state index in [4.69, 9.17) is 12.2 Å². The molecule has 0 amide bonds. The summed E-state index contributed by atoms with van der Waals surface area (Å²) < 4.78 is 0. The van der Waals surface area contributed by atoms with Gasteiger partial charge in [0.2, 0.25) is 0 Å². The van der Waals surface area contributed by atoms with Crippen LogP contribution in [0.15, 0.2) is 54.9 Å². The predicted molar refractivity (Wildman–Crippen MR) is 108 cm³/mol. The molecular weight excluding hydrogens is 328 g/mol. The van der Waals surface area contributed by atoms with Crippen LogP contribution in [0.3, 0.4) is 0 Å². The number of thiocarbonyl (C=S) groups is 1. The van der Waals surface area contributed by atoms with Crippen LogP contribution in [0.1, 0.15) is 24.8 Å². The number of nitrogens with zero attached hydrogens (tertiary/aromatic N) is 2. The van der Waals surface area contributed by atoms with Crippen molar-refractivity contribution < 1.29 is 0 Å². The topological polar surface area (TPSA) is 40.2 Å². The summed E-state index contributed by atoms with van der Waals surface area (Å²) in [4.78, 5) is 6.57. The minimum absolute atomic E-state index is 0.688. The zero-order chi connectivity index (χ0) is 17.3. The Morgan fingerprint density at radius 1 is 1.08 bits per heavy atom. The fourth-order valence-corrected chi connectivity index (χ4v) is 3.50. The van der Waals surface area contributed by atoms with Crippen molar-refractivity contribution in [2.45, 2.75) is 25.8 Å². The van der Waals surface area contributed by atoms with E-state index < -0.39 is 0 Å². The first-order valence-electron chi connectivity index (χ1n) is 9.01. The summed E-state index contributed by atoms with van der Waals surface area (Å²) in [7, 11) is 0. The van der Waals surface area contributed by atoms with E-state index in [1.807, 2.05) is 12.1 Å². The number of benzene rings is 1. The first-order chi connectivity index (χ1) is 12.3. The van der Waals surface area contributed by atoms with Crippen molar-refractivity contribution in [3.05, 3.63) is 60.4 Å². The Balaban J connectivity index is 1.31. The zero-order valence-electron chi connectivity index (χ0n) is 14.5. The second-order valence-electron chi connectivity index (χ2n) is 6.61. The number of likely N-dealkylation sites (tertiary alicyclic amines) is 1. The third kappa shape index (κ3) is 6.11. The van der Waals surface area contributed by atoms with Crippen LogP contribution in [0.4, 0.5) is 5.69 Å². The molecule has 1 saturated heterocycles. The fraction of sp³-hybridized carbons (Fsp3) is 0.400. The molecule has 5 heteroatoms. The van der Waals surface area contributed by atoms with Gasteiger partial charge >= 0.3 is 0 Å². The maximum Gasteiger partial charge on any atom is 0.170 e. The van der Waals surface area contributed by atoms with Crippen molar-refractivity contribution in [1.82, 2.24) is 15.2 Å². The first kappa shape index (κ1) is 17.8. The normalized spacial score (nSPS) is 15.7. The van der Waals surface area contributed by atoms with Gasteiger partial charge in [0, 0.05) is 31.2 Å². The lowest BCUT2D eigenvalue weighted by Gasteiger charge is -2.32. The molecule has 2 heterocycles. The van der Waals surface area contributed by atoms with Gasteiger partial charge in [-0.1, -0.05) is 30.3 Å². The quantitative estimate of drug-likeness (QED) is 0.775. The molecule has 0 atom stereocenters. The van der Waals surface area contributed by atoms with E-state index in [-0.39, 0.29) is 0 Å². The largest absolute Gasteiger partial charge is 0.362 e. The molecular formula is C20H26N4S. The third-order valence-corrected chi connectivity index (χ3v) is 4.98. The monoisotopic (exact) mass is 354 g/mol. The number of nitrogens with one attached hydrogen (secondary N) is 2. The van der Waals surface area contributed by atoms with Gasteiger partial charge in [-0.2, -0.15) is 0 Å². The van der Waals surface area contributed by atoms with Crippen molar-refractivity contribution in [1.29, 1.82) is 0 Å². The number of rotatable bonds is 6. The fourth-order valence-electron chi connectivity index (χ4n) is 3.28. The van der Waals surface area contributed by atoms with Gasteiger partial charge < -0.3 is 10.6 Å². The molecule has 25 heavy (non-hydrogen) atoms. The first-order valence-corrected chi connectivity index (χ1v) is 9.41. The molecule has 1 aliphatic rings. The van der Waals surface area contributed by atoms with E-state index in [2.05, 4.69) is 50.8 Å². The molecule has 0 radical (unpaired) electrons. The van der Waals surface area contributed by atoms with Gasteiger partial charge in [0.05, 0.1) is 0 Å². The third-order valence-electron chi connectivity index (χ3n) is 4.73. The molecule has 0 spiro atoms. The minimum atomic E-state index is 0.688. The lowest BCUT2D eigenvalue weighted by Crippen LogP contribution is -2.35. The highest BCUT2D eigenvalue weighted by molar-refractivity contribution is 7.80. The summed E-state index contributed by atoms with van der Waals surface area (Å²) in [6.45, 7) is 4.39. The van der Waals surface area contributed by atoms with Gasteiger partial charge in [-0.25, -0.2) is 0 Å². The van der Waals surface area contributed by atoms with Gasteiger partial charge in [-0.05, 0) is 68.2 Å².